The molecule has 2 saturated heterocycles. The lowest BCUT2D eigenvalue weighted by Crippen LogP contribution is -2.64. The van der Waals surface area contributed by atoms with Gasteiger partial charge in [-0.2, -0.15) is 0 Å². The van der Waals surface area contributed by atoms with Crippen LogP contribution in [0.5, 0.6) is 0 Å². The molecule has 102 heavy (non-hydrogen) atoms. The van der Waals surface area contributed by atoms with Crippen LogP contribution in [0.25, 0.3) is 0 Å². The number of hydrogen-bond acceptors (Lipinski definition) is 17. The highest BCUT2D eigenvalue weighted by molar-refractivity contribution is 6.00. The van der Waals surface area contributed by atoms with Crippen LogP contribution in [0.1, 0.15) is 188 Å². The zero-order valence-corrected chi connectivity index (χ0v) is 67.0. The Morgan fingerprint density at radius 2 is 1.03 bits per heavy atom. The first-order valence-electron chi connectivity index (χ1n) is 37.4. The van der Waals surface area contributed by atoms with Crippen molar-refractivity contribution in [3.8, 4) is 0 Å². The first-order chi connectivity index (χ1) is 47.5. The van der Waals surface area contributed by atoms with Gasteiger partial charge in [-0.3, -0.25) is 57.6 Å². The number of unbranched alkanes of at least 4 members (excludes halogenated alkanes) is 3. The monoisotopic (exact) mass is 1450 g/mol. The van der Waals surface area contributed by atoms with Crippen LogP contribution in [0.3, 0.4) is 0 Å². The third kappa shape index (κ3) is 27.0. The summed E-state index contributed by atoms with van der Waals surface area (Å²) < 4.78 is 17.2. The zero-order chi connectivity index (χ0) is 78.1. The number of Topliss-reactive ketones (excluding diaryl/α,β-unsaturated/α-hetero) is 2. The van der Waals surface area contributed by atoms with Gasteiger partial charge in [0.2, 0.25) is 53.2 Å². The number of ether oxygens (including phenoxy) is 3. The predicted molar refractivity (Wildman–Crippen MR) is 392 cm³/mol. The Balaban J connectivity index is 3.02. The molecule has 3 N–H and O–H groups in total. The molecule has 0 spiro atoms. The number of morpholine rings is 1. The van der Waals surface area contributed by atoms with Gasteiger partial charge in [-0.25, -0.2) is 4.79 Å². The summed E-state index contributed by atoms with van der Waals surface area (Å²) >= 11 is 0. The van der Waals surface area contributed by atoms with E-state index in [4.69, 9.17) is 14.2 Å². The molecular weight excluding hydrogens is 1310 g/mol. The standard InChI is InChI=1S/C75H135N11O16/c1-26-56-71(95)79(19)53(15)69(93)84(24)63(54(16)101-36-31-29-33-86-34-38-100-39-35-86)61(88)44-55(48(8)9)70(94)80(20)57(40-45(2)3)60(87)43-51(13)66(90)76-52(14)68(92)81(21)58(41-46(4)5)72(96)82(22)59(42-47(6)7)73(97)83(23)62(49(10)11)74(98)85(25)64(67(91)77-56)65(89)50(12)32-28-27-30-37-102-75(99)78(17)18/h45-59,62-65,89H,26-44H2,1-25H3,(H,76,90)(H,77,91)/t50-,51-,52-,53-,54-,55+,56+,57+,58+,59+,62+,63+,64+,65-/m1/s1. The van der Waals surface area contributed by atoms with Crippen molar-refractivity contribution >= 4 is 70.8 Å². The van der Waals surface area contributed by atoms with Crippen LogP contribution >= 0.6 is 0 Å². The minimum absolute atomic E-state index is 0.0231. The number of amides is 10. The predicted octanol–water partition coefficient (Wildman–Crippen LogP) is 5.60. The van der Waals surface area contributed by atoms with E-state index >= 15 is 33.6 Å². The number of aliphatic hydroxyl groups excluding tert-OH is 1. The Hall–Kier alpha value is -6.32. The van der Waals surface area contributed by atoms with Crippen LogP contribution in [0.15, 0.2) is 0 Å². The van der Waals surface area contributed by atoms with E-state index in [1.165, 1.54) is 92.6 Å². The summed E-state index contributed by atoms with van der Waals surface area (Å²) in [6.07, 6.45) is 0.163. The Bertz CT molecular complexity index is 2740. The molecule has 0 aromatic heterocycles. The molecule has 2 rings (SSSR count). The first-order valence-corrected chi connectivity index (χ1v) is 37.4. The largest absolute Gasteiger partial charge is 0.449 e. The Kier molecular flexibility index (Phi) is 39.4. The van der Waals surface area contributed by atoms with Gasteiger partial charge in [0.25, 0.3) is 0 Å². The Labute approximate surface area is 611 Å². The molecule has 2 aliphatic heterocycles. The maximum atomic E-state index is 15.5. The second-order valence-corrected chi connectivity index (χ2v) is 31.2. The number of rotatable bonds is 24. The third-order valence-electron chi connectivity index (χ3n) is 20.4. The zero-order valence-electron chi connectivity index (χ0n) is 67.0. The molecule has 0 aliphatic carbocycles. The molecule has 586 valence electrons. The van der Waals surface area contributed by atoms with Gasteiger partial charge in [0.05, 0.1) is 38.1 Å². The number of carbonyl (C=O) groups excluding carboxylic acids is 12. The van der Waals surface area contributed by atoms with Crippen LogP contribution in [-0.4, -0.2) is 296 Å². The van der Waals surface area contributed by atoms with Gasteiger partial charge >= 0.3 is 6.09 Å². The summed E-state index contributed by atoms with van der Waals surface area (Å²) in [5.74, 6) is -11.2. The molecule has 0 bridgehead atoms. The van der Waals surface area contributed by atoms with Crippen LogP contribution in [-0.2, 0) is 67.0 Å². The molecule has 0 aromatic rings. The molecule has 10 amide bonds. The van der Waals surface area contributed by atoms with Crippen molar-refractivity contribution in [2.75, 3.05) is 109 Å². The highest BCUT2D eigenvalue weighted by Gasteiger charge is 2.47. The second kappa shape index (κ2) is 43.8. The van der Waals surface area contributed by atoms with Gasteiger partial charge in [-0.05, 0) is 114 Å². The fourth-order valence-electron chi connectivity index (χ4n) is 13.6. The molecule has 0 saturated carbocycles. The van der Waals surface area contributed by atoms with E-state index in [1.54, 1.807) is 69.5 Å². The number of carbonyl (C=O) groups is 12. The second-order valence-electron chi connectivity index (χ2n) is 31.2. The van der Waals surface area contributed by atoms with E-state index in [-0.39, 0.29) is 69.5 Å². The SMILES string of the molecule is CC[C@@H]1NC(=O)[C@H]([C@H](O)[C@H](C)CCCCCOC(=O)N(C)C)N(C)C(=O)[C@H](C(C)C)N(C)C(=O)[C@H](CC(C)C)N(C)C(=O)[C@H](CC(C)C)N(C)C(=O)[C@@H](C)NC(=O)[C@H](C)CC(=O)[C@H](CC(C)C)N(C)C(=O)[C@H](C(C)C)CC(=O)[C@H]([C@@H](C)OCCCCN2CCOCC2)N(C)C(=O)[C@@H](C)N(C)C1=O. The van der Waals surface area contributed by atoms with Crippen molar-refractivity contribution in [3.63, 3.8) is 0 Å². The lowest BCUT2D eigenvalue weighted by atomic mass is 9.85. The lowest BCUT2D eigenvalue weighted by Gasteiger charge is -2.41. The highest BCUT2D eigenvalue weighted by Crippen LogP contribution is 2.29. The van der Waals surface area contributed by atoms with Crippen LogP contribution < -0.4 is 10.6 Å². The number of nitrogens with zero attached hydrogens (tertiary/aromatic N) is 9. The number of nitrogens with one attached hydrogen (secondary N) is 2. The number of likely N-dealkylation sites (N-methyl/N-ethyl adjacent to an activating group) is 7. The molecule has 2 heterocycles. The Morgan fingerprint density at radius 3 is 1.55 bits per heavy atom. The molecule has 2 aliphatic rings. The average Bonchev–Trinajstić information content (AvgIpc) is 0.803. The topological polar surface area (TPSA) is 306 Å². The van der Waals surface area contributed by atoms with Gasteiger partial charge < -0.3 is 69.1 Å². The van der Waals surface area contributed by atoms with Crippen molar-refractivity contribution in [1.82, 2.24) is 54.7 Å². The van der Waals surface area contributed by atoms with Crippen molar-refractivity contribution in [2.24, 2.45) is 47.3 Å². The summed E-state index contributed by atoms with van der Waals surface area (Å²) in [4.78, 5) is 189. The van der Waals surface area contributed by atoms with Gasteiger partial charge in [0, 0.05) is 108 Å². The molecule has 27 nitrogen and oxygen atoms in total. The molecule has 14 atom stereocenters. The van der Waals surface area contributed by atoms with E-state index in [0.29, 0.717) is 45.3 Å². The van der Waals surface area contributed by atoms with Gasteiger partial charge in [-0.15, -0.1) is 0 Å². The molecule has 0 aromatic carbocycles. The van der Waals surface area contributed by atoms with E-state index in [2.05, 4.69) is 15.5 Å². The number of ketones is 2. The molecular formula is C75H135N11O16. The average molecular weight is 1450 g/mol. The van der Waals surface area contributed by atoms with Crippen LogP contribution in [0, 0.1) is 47.3 Å². The highest BCUT2D eigenvalue weighted by atomic mass is 16.6. The Morgan fingerprint density at radius 1 is 0.529 bits per heavy atom. The summed E-state index contributed by atoms with van der Waals surface area (Å²) in [6, 6.07) is -11.5. The minimum Gasteiger partial charge on any atom is -0.449 e. The van der Waals surface area contributed by atoms with E-state index in [0.717, 1.165) is 35.9 Å². The maximum absolute atomic E-state index is 15.5. The summed E-state index contributed by atoms with van der Waals surface area (Å²) in [5, 5.41) is 18.1. The quantitative estimate of drug-likeness (QED) is 0.0990. The summed E-state index contributed by atoms with van der Waals surface area (Å²) in [7, 11) is 13.2. The van der Waals surface area contributed by atoms with Gasteiger partial charge in [-0.1, -0.05) is 103 Å². The third-order valence-corrected chi connectivity index (χ3v) is 20.4. The molecule has 0 radical (unpaired) electrons. The molecule has 27 heteroatoms. The normalized spacial score (nSPS) is 26.5. The van der Waals surface area contributed by atoms with Crippen molar-refractivity contribution in [3.05, 3.63) is 0 Å². The van der Waals surface area contributed by atoms with Crippen LogP contribution in [0.4, 0.5) is 4.79 Å². The lowest BCUT2D eigenvalue weighted by molar-refractivity contribution is -0.157. The van der Waals surface area contributed by atoms with Crippen molar-refractivity contribution in [2.45, 2.75) is 254 Å². The number of aliphatic hydroxyl groups is 1. The van der Waals surface area contributed by atoms with E-state index in [9.17, 15) is 29.1 Å². The van der Waals surface area contributed by atoms with E-state index < -0.39 is 167 Å². The fourth-order valence-corrected chi connectivity index (χ4v) is 13.6. The summed E-state index contributed by atoms with van der Waals surface area (Å²) in [6.45, 7) is 32.0. The minimum atomic E-state index is -1.68. The van der Waals surface area contributed by atoms with Crippen molar-refractivity contribution in [1.29, 1.82) is 0 Å². The van der Waals surface area contributed by atoms with Gasteiger partial charge in [0.1, 0.15) is 48.3 Å². The molecule has 0 unspecified atom stereocenters. The first kappa shape index (κ1) is 91.8. The van der Waals surface area contributed by atoms with Gasteiger partial charge in [0.15, 0.2) is 11.6 Å². The maximum Gasteiger partial charge on any atom is 0.409 e. The fraction of sp³-hybridized carbons (Fsp3) is 0.840. The van der Waals surface area contributed by atoms with Crippen molar-refractivity contribution < 1.29 is 76.9 Å². The molecule has 2 fully saturated rings. The smallest absolute Gasteiger partial charge is 0.409 e. The van der Waals surface area contributed by atoms with Crippen LogP contribution in [0.2, 0.25) is 0 Å². The summed E-state index contributed by atoms with van der Waals surface area (Å²) in [5.41, 5.74) is 0. The van der Waals surface area contributed by atoms with E-state index in [1.807, 2.05) is 41.5 Å². The number of hydrogen-bond donors (Lipinski definition) is 3.